The first kappa shape index (κ1) is 9.72. The Hall–Kier alpha value is -0.483. The first-order valence-electron chi connectivity index (χ1n) is 1.54. The van der Waals surface area contributed by atoms with Crippen LogP contribution in [0, 0.1) is 0 Å². The molecule has 7 heavy (non-hydrogen) atoms. The smallest absolute Gasteiger partial charge is 0.392 e. The van der Waals surface area contributed by atoms with E-state index in [-0.39, 0.29) is 6.61 Å². The molecule has 0 bridgehead atoms. The minimum Gasteiger partial charge on any atom is -0.392 e. The van der Waals surface area contributed by atoms with E-state index in [9.17, 15) is 0 Å². The molecule has 0 aromatic carbocycles. The molecule has 0 aromatic heterocycles. The Bertz CT molecular complexity index is 64.6. The fraction of sp³-hybridized carbons (Fsp3) is 0.333. The lowest BCUT2D eigenvalue weighted by molar-refractivity contribution is 0.343. The van der Waals surface area contributed by atoms with Crippen molar-refractivity contribution in [3.63, 3.8) is 0 Å². The molecule has 40 valence electrons. The molecular formula is C3H6O3Si. The lowest BCUT2D eigenvalue weighted by atomic mass is 10.7. The largest absolute Gasteiger partial charge is 0.549 e. The van der Waals surface area contributed by atoms with Gasteiger partial charge in [0.15, 0.2) is 0 Å². The SMILES string of the molecule is C=CCO.O=[Si]=O. The normalized spacial score (nSPS) is 4.71. The van der Waals surface area contributed by atoms with Crippen molar-refractivity contribution in [1.82, 2.24) is 0 Å². The lowest BCUT2D eigenvalue weighted by Crippen LogP contribution is -1.62. The summed E-state index contributed by atoms with van der Waals surface area (Å²) in [4.78, 5) is 0. The minimum atomic E-state index is -1.42. The van der Waals surface area contributed by atoms with E-state index < -0.39 is 9.29 Å². The van der Waals surface area contributed by atoms with Crippen LogP contribution in [0.15, 0.2) is 12.7 Å². The molecule has 0 aliphatic rings. The first-order chi connectivity index (χ1) is 3.33. The Morgan fingerprint density at radius 1 is 1.71 bits per heavy atom. The van der Waals surface area contributed by atoms with Crippen molar-refractivity contribution < 1.29 is 14.0 Å². The van der Waals surface area contributed by atoms with E-state index in [0.29, 0.717) is 0 Å². The number of aliphatic hydroxyl groups excluding tert-OH is 1. The van der Waals surface area contributed by atoms with E-state index in [4.69, 9.17) is 14.0 Å². The van der Waals surface area contributed by atoms with Crippen molar-refractivity contribution in [1.29, 1.82) is 0 Å². The van der Waals surface area contributed by atoms with Crippen LogP contribution in [0.2, 0.25) is 0 Å². The van der Waals surface area contributed by atoms with E-state index in [1.807, 2.05) is 0 Å². The maximum absolute atomic E-state index is 8.40. The van der Waals surface area contributed by atoms with Crippen LogP contribution in [0.4, 0.5) is 0 Å². The second-order valence-electron chi connectivity index (χ2n) is 0.555. The summed E-state index contributed by atoms with van der Waals surface area (Å²) in [5, 5.41) is 7.76. The van der Waals surface area contributed by atoms with Gasteiger partial charge in [0.05, 0.1) is 6.61 Å². The van der Waals surface area contributed by atoms with Gasteiger partial charge in [-0.3, -0.25) is 8.92 Å². The molecular weight excluding hydrogens is 112 g/mol. The number of aliphatic hydroxyl groups is 1. The van der Waals surface area contributed by atoms with E-state index in [1.54, 1.807) is 0 Å². The van der Waals surface area contributed by atoms with Gasteiger partial charge in [-0.05, 0) is 0 Å². The highest BCUT2D eigenvalue weighted by atomic mass is 28.2. The van der Waals surface area contributed by atoms with Crippen LogP contribution in [0.1, 0.15) is 0 Å². The van der Waals surface area contributed by atoms with Crippen molar-refractivity contribution in [3.8, 4) is 0 Å². The van der Waals surface area contributed by atoms with Crippen molar-refractivity contribution in [2.45, 2.75) is 0 Å². The highest BCUT2D eigenvalue weighted by molar-refractivity contribution is 5.94. The van der Waals surface area contributed by atoms with Gasteiger partial charge in [-0.15, -0.1) is 6.58 Å². The van der Waals surface area contributed by atoms with Gasteiger partial charge in [0.2, 0.25) is 0 Å². The third-order valence-electron chi connectivity index (χ3n) is 0.129. The molecule has 0 aliphatic carbocycles. The molecule has 0 saturated carbocycles. The Morgan fingerprint density at radius 3 is 1.86 bits per heavy atom. The monoisotopic (exact) mass is 118 g/mol. The Labute approximate surface area is 43.6 Å². The molecule has 1 N–H and O–H groups in total. The van der Waals surface area contributed by atoms with E-state index in [2.05, 4.69) is 6.58 Å². The predicted molar refractivity (Wildman–Crippen MR) is 24.4 cm³/mol. The molecule has 0 spiro atoms. The summed E-state index contributed by atoms with van der Waals surface area (Å²) in [6.07, 6.45) is 1.43. The summed E-state index contributed by atoms with van der Waals surface area (Å²) < 4.78 is 16.8. The molecule has 0 aromatic rings. The van der Waals surface area contributed by atoms with Crippen molar-refractivity contribution >= 4 is 9.29 Å². The van der Waals surface area contributed by atoms with E-state index in [1.165, 1.54) is 6.08 Å². The van der Waals surface area contributed by atoms with Crippen LogP contribution in [0.3, 0.4) is 0 Å². The van der Waals surface area contributed by atoms with Gasteiger partial charge < -0.3 is 5.11 Å². The first-order valence-corrected chi connectivity index (χ1v) is 2.36. The van der Waals surface area contributed by atoms with Gasteiger partial charge in [0, 0.05) is 0 Å². The summed E-state index contributed by atoms with van der Waals surface area (Å²) >= 11 is 0. The van der Waals surface area contributed by atoms with Crippen LogP contribution in [0.5, 0.6) is 0 Å². The molecule has 4 heteroatoms. The maximum Gasteiger partial charge on any atom is 0.549 e. The van der Waals surface area contributed by atoms with Crippen LogP contribution in [-0.2, 0) is 8.92 Å². The third kappa shape index (κ3) is 255. The summed E-state index contributed by atoms with van der Waals surface area (Å²) in [7, 11) is -1.42. The number of rotatable bonds is 1. The van der Waals surface area contributed by atoms with Crippen molar-refractivity contribution in [2.75, 3.05) is 6.61 Å². The number of hydrogen-bond acceptors (Lipinski definition) is 3. The molecule has 0 saturated heterocycles. The topological polar surface area (TPSA) is 54.4 Å². The fourth-order valence-electron chi connectivity index (χ4n) is 0. The molecule has 0 radical (unpaired) electrons. The van der Waals surface area contributed by atoms with Crippen LogP contribution >= 0.6 is 0 Å². The van der Waals surface area contributed by atoms with E-state index >= 15 is 0 Å². The fourth-order valence-corrected chi connectivity index (χ4v) is 0. The summed E-state index contributed by atoms with van der Waals surface area (Å²) in [6.45, 7) is 3.31. The zero-order valence-corrected chi connectivity index (χ0v) is 4.76. The minimum absolute atomic E-state index is 0.0833. The van der Waals surface area contributed by atoms with Crippen molar-refractivity contribution in [2.24, 2.45) is 0 Å². The average Bonchev–Trinajstić information content (AvgIpc) is 1.69. The van der Waals surface area contributed by atoms with Gasteiger partial charge in [0.25, 0.3) is 0 Å². The molecule has 0 fully saturated rings. The molecule has 3 nitrogen and oxygen atoms in total. The molecule has 0 aliphatic heterocycles. The highest BCUT2D eigenvalue weighted by Gasteiger charge is 1.45. The highest BCUT2D eigenvalue weighted by Crippen LogP contribution is 1.46. The van der Waals surface area contributed by atoms with Crippen molar-refractivity contribution in [3.05, 3.63) is 12.7 Å². The summed E-state index contributed by atoms with van der Waals surface area (Å²) in [5.74, 6) is 0. The van der Waals surface area contributed by atoms with Gasteiger partial charge in [-0.2, -0.15) is 0 Å². The Morgan fingerprint density at radius 2 is 1.86 bits per heavy atom. The quantitative estimate of drug-likeness (QED) is 0.374. The maximum atomic E-state index is 8.40. The Kier molecular flexibility index (Phi) is 24.7. The summed E-state index contributed by atoms with van der Waals surface area (Å²) in [5.41, 5.74) is 0. The van der Waals surface area contributed by atoms with E-state index in [0.717, 1.165) is 0 Å². The number of hydrogen-bond donors (Lipinski definition) is 1. The molecule has 0 amide bonds. The second kappa shape index (κ2) is 17.8. The van der Waals surface area contributed by atoms with Gasteiger partial charge in [-0.25, -0.2) is 0 Å². The lowest BCUT2D eigenvalue weighted by Gasteiger charge is -1.60. The molecule has 0 unspecified atom stereocenters. The van der Waals surface area contributed by atoms with Crippen LogP contribution < -0.4 is 0 Å². The average molecular weight is 118 g/mol. The third-order valence-corrected chi connectivity index (χ3v) is 0.129. The zero-order chi connectivity index (χ0) is 6.12. The second-order valence-corrected chi connectivity index (χ2v) is 0.721. The molecule has 0 heterocycles. The van der Waals surface area contributed by atoms with Gasteiger partial charge in [0.1, 0.15) is 0 Å². The van der Waals surface area contributed by atoms with Crippen LogP contribution in [-0.4, -0.2) is 21.0 Å². The standard InChI is InChI=1S/C3H6O.O2Si/c1-2-3-4;1-3-2/h2,4H,1,3H2;. The van der Waals surface area contributed by atoms with Crippen LogP contribution in [0.25, 0.3) is 0 Å². The predicted octanol–water partition coefficient (Wildman–Crippen LogP) is -0.454. The zero-order valence-electron chi connectivity index (χ0n) is 3.76. The molecule has 0 rings (SSSR count). The van der Waals surface area contributed by atoms with Gasteiger partial charge in [-0.1, -0.05) is 6.08 Å². The van der Waals surface area contributed by atoms with Gasteiger partial charge >= 0.3 is 9.29 Å². The Balaban J connectivity index is 0. The molecule has 0 atom stereocenters. The summed E-state index contributed by atoms with van der Waals surface area (Å²) in [6, 6.07) is 0.